The summed E-state index contributed by atoms with van der Waals surface area (Å²) in [7, 11) is 3.16. The lowest BCUT2D eigenvalue weighted by molar-refractivity contribution is 0.146. The Balaban J connectivity index is 2.57. The molecule has 1 atom stereocenters. The Kier molecular flexibility index (Phi) is 5.59. The molecule has 0 saturated heterocycles. The van der Waals surface area contributed by atoms with Gasteiger partial charge in [0.05, 0.1) is 26.9 Å². The number of aliphatic hydroxyl groups excluding tert-OH is 1. The molecular weight excluding hydrogens is 222 g/mol. The highest BCUT2D eigenvalue weighted by Gasteiger charge is 2.04. The van der Waals surface area contributed by atoms with Crippen LogP contribution in [0.5, 0.6) is 17.2 Å². The zero-order valence-corrected chi connectivity index (χ0v) is 10.2. The summed E-state index contributed by atoms with van der Waals surface area (Å²) in [5.41, 5.74) is 5.30. The highest BCUT2D eigenvalue weighted by Crippen LogP contribution is 2.27. The summed E-state index contributed by atoms with van der Waals surface area (Å²) in [5, 5.41) is 9.28. The number of rotatable bonds is 7. The van der Waals surface area contributed by atoms with E-state index in [2.05, 4.69) is 0 Å². The monoisotopic (exact) mass is 241 g/mol. The highest BCUT2D eigenvalue weighted by molar-refractivity contribution is 5.41. The summed E-state index contributed by atoms with van der Waals surface area (Å²) >= 11 is 0. The number of aliphatic hydroxyl groups is 1. The van der Waals surface area contributed by atoms with Crippen molar-refractivity contribution in [2.45, 2.75) is 12.5 Å². The minimum absolute atomic E-state index is 0.241. The Morgan fingerprint density at radius 1 is 1.12 bits per heavy atom. The Morgan fingerprint density at radius 3 is 2.12 bits per heavy atom. The van der Waals surface area contributed by atoms with Crippen molar-refractivity contribution in [3.63, 3.8) is 0 Å². The summed E-state index contributed by atoms with van der Waals surface area (Å²) in [6.45, 7) is 0.638. The first kappa shape index (κ1) is 13.6. The van der Waals surface area contributed by atoms with Gasteiger partial charge in [0, 0.05) is 31.2 Å². The van der Waals surface area contributed by atoms with Crippen LogP contribution in [-0.4, -0.2) is 38.6 Å². The molecule has 0 bridgehead atoms. The van der Waals surface area contributed by atoms with Gasteiger partial charge in [-0.25, -0.2) is 0 Å². The van der Waals surface area contributed by atoms with E-state index >= 15 is 0 Å². The minimum atomic E-state index is -0.525. The molecule has 1 unspecified atom stereocenters. The summed E-state index contributed by atoms with van der Waals surface area (Å²) in [4.78, 5) is 0. The van der Waals surface area contributed by atoms with E-state index in [1.165, 1.54) is 0 Å². The van der Waals surface area contributed by atoms with Crippen LogP contribution in [0.15, 0.2) is 18.2 Å². The van der Waals surface area contributed by atoms with Crippen LogP contribution in [0, 0.1) is 0 Å². The third-order valence-electron chi connectivity index (χ3n) is 2.32. The number of ether oxygens (including phenoxy) is 3. The number of nitrogens with two attached hydrogens (primary N) is 1. The zero-order valence-electron chi connectivity index (χ0n) is 10.2. The molecule has 1 rings (SSSR count). The molecular formula is C12H19NO4. The maximum Gasteiger partial charge on any atom is 0.126 e. The van der Waals surface area contributed by atoms with E-state index in [0.29, 0.717) is 30.3 Å². The molecule has 3 N–H and O–H groups in total. The summed E-state index contributed by atoms with van der Waals surface area (Å²) in [5.74, 6) is 1.97. The van der Waals surface area contributed by atoms with E-state index in [0.717, 1.165) is 0 Å². The van der Waals surface area contributed by atoms with Crippen molar-refractivity contribution in [2.24, 2.45) is 5.73 Å². The fourth-order valence-corrected chi connectivity index (χ4v) is 1.30. The predicted octanol–water partition coefficient (Wildman–Crippen LogP) is 0.792. The molecule has 0 aromatic heterocycles. The molecule has 0 radical (unpaired) electrons. The van der Waals surface area contributed by atoms with Crippen molar-refractivity contribution in [1.82, 2.24) is 0 Å². The summed E-state index contributed by atoms with van der Waals surface area (Å²) in [6, 6.07) is 5.29. The summed E-state index contributed by atoms with van der Waals surface area (Å²) in [6.07, 6.45) is -0.0294. The minimum Gasteiger partial charge on any atom is -0.496 e. The van der Waals surface area contributed by atoms with Crippen LogP contribution in [0.1, 0.15) is 6.42 Å². The molecule has 0 heterocycles. The molecule has 0 spiro atoms. The van der Waals surface area contributed by atoms with Gasteiger partial charge >= 0.3 is 0 Å². The molecule has 0 amide bonds. The van der Waals surface area contributed by atoms with E-state index < -0.39 is 6.10 Å². The van der Waals surface area contributed by atoms with E-state index in [1.54, 1.807) is 32.4 Å². The Hall–Kier alpha value is -1.46. The van der Waals surface area contributed by atoms with Gasteiger partial charge < -0.3 is 25.1 Å². The third kappa shape index (κ3) is 4.50. The topological polar surface area (TPSA) is 73.9 Å². The van der Waals surface area contributed by atoms with Crippen LogP contribution in [0.2, 0.25) is 0 Å². The quantitative estimate of drug-likeness (QED) is 0.738. The van der Waals surface area contributed by atoms with Crippen molar-refractivity contribution in [3.05, 3.63) is 18.2 Å². The van der Waals surface area contributed by atoms with Crippen LogP contribution >= 0.6 is 0 Å². The van der Waals surface area contributed by atoms with Gasteiger partial charge in [-0.2, -0.15) is 0 Å². The molecule has 1 aromatic carbocycles. The van der Waals surface area contributed by atoms with Gasteiger partial charge in [0.25, 0.3) is 0 Å². The average Bonchev–Trinajstić information content (AvgIpc) is 2.37. The lowest BCUT2D eigenvalue weighted by atomic mass is 10.2. The second-order valence-corrected chi connectivity index (χ2v) is 3.58. The van der Waals surface area contributed by atoms with Crippen LogP contribution in [0.3, 0.4) is 0 Å². The molecule has 17 heavy (non-hydrogen) atoms. The molecule has 5 nitrogen and oxygen atoms in total. The van der Waals surface area contributed by atoms with Gasteiger partial charge in [0.2, 0.25) is 0 Å². The molecule has 0 aliphatic rings. The van der Waals surface area contributed by atoms with Gasteiger partial charge in [-0.05, 0) is 0 Å². The maximum atomic E-state index is 9.28. The lowest BCUT2D eigenvalue weighted by Crippen LogP contribution is -2.21. The standard InChI is InChI=1S/C12H19NO4/c1-15-10-5-11(16-2)7-12(6-10)17-4-3-9(14)8-13/h5-7,9,14H,3-4,8,13H2,1-2H3. The molecule has 0 fully saturated rings. The largest absolute Gasteiger partial charge is 0.496 e. The predicted molar refractivity (Wildman–Crippen MR) is 64.7 cm³/mol. The second kappa shape index (κ2) is 6.98. The SMILES string of the molecule is COc1cc(OC)cc(OCCC(O)CN)c1. The number of hydrogen-bond acceptors (Lipinski definition) is 5. The second-order valence-electron chi connectivity index (χ2n) is 3.58. The van der Waals surface area contributed by atoms with Crippen molar-refractivity contribution in [1.29, 1.82) is 0 Å². The van der Waals surface area contributed by atoms with Gasteiger partial charge in [0.15, 0.2) is 0 Å². The van der Waals surface area contributed by atoms with Crippen molar-refractivity contribution in [2.75, 3.05) is 27.4 Å². The van der Waals surface area contributed by atoms with E-state index in [9.17, 15) is 5.11 Å². The molecule has 0 aliphatic carbocycles. The zero-order chi connectivity index (χ0) is 12.7. The van der Waals surface area contributed by atoms with Crippen molar-refractivity contribution in [3.8, 4) is 17.2 Å². The fourth-order valence-electron chi connectivity index (χ4n) is 1.30. The lowest BCUT2D eigenvalue weighted by Gasteiger charge is -2.11. The Bertz CT molecular complexity index is 321. The van der Waals surface area contributed by atoms with Crippen LogP contribution in [-0.2, 0) is 0 Å². The summed E-state index contributed by atoms with van der Waals surface area (Å²) < 4.78 is 15.7. The Morgan fingerprint density at radius 2 is 1.65 bits per heavy atom. The van der Waals surface area contributed by atoms with Gasteiger partial charge in [-0.15, -0.1) is 0 Å². The molecule has 1 aromatic rings. The van der Waals surface area contributed by atoms with Gasteiger partial charge in [-0.3, -0.25) is 0 Å². The molecule has 0 aliphatic heterocycles. The smallest absolute Gasteiger partial charge is 0.126 e. The van der Waals surface area contributed by atoms with Crippen molar-refractivity contribution >= 4 is 0 Å². The molecule has 0 saturated carbocycles. The van der Waals surface area contributed by atoms with Crippen LogP contribution in [0.25, 0.3) is 0 Å². The van der Waals surface area contributed by atoms with E-state index in [1.807, 2.05) is 0 Å². The van der Waals surface area contributed by atoms with Gasteiger partial charge in [0.1, 0.15) is 17.2 Å². The number of hydrogen-bond donors (Lipinski definition) is 2. The Labute approximate surface area is 101 Å². The number of benzene rings is 1. The number of methoxy groups -OCH3 is 2. The first-order valence-electron chi connectivity index (χ1n) is 5.43. The van der Waals surface area contributed by atoms with Crippen molar-refractivity contribution < 1.29 is 19.3 Å². The molecule has 5 heteroatoms. The maximum absolute atomic E-state index is 9.28. The first-order chi connectivity index (χ1) is 8.19. The van der Waals surface area contributed by atoms with E-state index in [-0.39, 0.29) is 6.54 Å². The highest BCUT2D eigenvalue weighted by atomic mass is 16.5. The third-order valence-corrected chi connectivity index (χ3v) is 2.32. The first-order valence-corrected chi connectivity index (χ1v) is 5.43. The van der Waals surface area contributed by atoms with E-state index in [4.69, 9.17) is 19.9 Å². The van der Waals surface area contributed by atoms with Crippen LogP contribution in [0.4, 0.5) is 0 Å². The fraction of sp³-hybridized carbons (Fsp3) is 0.500. The average molecular weight is 241 g/mol. The van der Waals surface area contributed by atoms with Crippen LogP contribution < -0.4 is 19.9 Å². The normalized spacial score (nSPS) is 12.0. The molecule has 96 valence electrons. The van der Waals surface area contributed by atoms with Gasteiger partial charge in [-0.1, -0.05) is 0 Å².